The van der Waals surface area contributed by atoms with Crippen molar-refractivity contribution in [2.24, 2.45) is 17.3 Å². The quantitative estimate of drug-likeness (QED) is 0.486. The van der Waals surface area contributed by atoms with Crippen LogP contribution in [0.5, 0.6) is 11.6 Å². The Morgan fingerprint density at radius 3 is 2.56 bits per heavy atom. The molecule has 10 nitrogen and oxygen atoms in total. The van der Waals surface area contributed by atoms with Gasteiger partial charge in [0.1, 0.15) is 35.5 Å². The summed E-state index contributed by atoms with van der Waals surface area (Å²) < 4.78 is 18.0. The number of carbonyl (C=O) groups excluding carboxylic acids is 3. The second-order valence-electron chi connectivity index (χ2n) is 14.4. The number of hydrogen-bond acceptors (Lipinski definition) is 8. The van der Waals surface area contributed by atoms with Gasteiger partial charge in [-0.25, -0.2) is 14.8 Å². The Hall–Kier alpha value is -3.43. The van der Waals surface area contributed by atoms with Crippen molar-refractivity contribution < 1.29 is 28.6 Å². The Labute approximate surface area is 253 Å². The van der Waals surface area contributed by atoms with Gasteiger partial charge in [-0.3, -0.25) is 4.79 Å². The normalized spacial score (nSPS) is 32.4. The summed E-state index contributed by atoms with van der Waals surface area (Å²) in [4.78, 5) is 51.3. The van der Waals surface area contributed by atoms with Crippen LogP contribution in [0.15, 0.2) is 18.2 Å². The lowest BCUT2D eigenvalue weighted by molar-refractivity contribution is -0.139. The van der Waals surface area contributed by atoms with E-state index in [0.29, 0.717) is 23.1 Å². The second kappa shape index (κ2) is 10.6. The van der Waals surface area contributed by atoms with Gasteiger partial charge in [0.25, 0.3) is 0 Å². The fraction of sp³-hybridized carbons (Fsp3) is 0.667. The van der Waals surface area contributed by atoms with Gasteiger partial charge in [-0.05, 0) is 56.6 Å². The minimum absolute atomic E-state index is 0.107. The van der Waals surface area contributed by atoms with Crippen molar-refractivity contribution in [1.29, 1.82) is 0 Å². The molecule has 1 spiro atoms. The number of nitrogens with one attached hydrogen (secondary N) is 1. The predicted octanol–water partition coefficient (Wildman–Crippen LogP) is 4.96. The van der Waals surface area contributed by atoms with Gasteiger partial charge in [0.2, 0.25) is 11.8 Å². The molecule has 2 saturated carbocycles. The molecule has 232 valence electrons. The third-order valence-electron chi connectivity index (χ3n) is 10.3. The van der Waals surface area contributed by atoms with Crippen molar-refractivity contribution >= 4 is 29.3 Å². The molecule has 4 aliphatic rings. The number of rotatable bonds is 2. The third kappa shape index (κ3) is 5.53. The van der Waals surface area contributed by atoms with E-state index in [-0.39, 0.29) is 23.8 Å². The predicted molar refractivity (Wildman–Crippen MR) is 160 cm³/mol. The number of nitrogens with zero attached hydrogens (tertiary/aromatic N) is 3. The van der Waals surface area contributed by atoms with Crippen LogP contribution in [-0.4, -0.2) is 70.6 Å². The van der Waals surface area contributed by atoms with E-state index in [4.69, 9.17) is 24.2 Å². The average Bonchev–Trinajstić information content (AvgIpc) is 3.85. The van der Waals surface area contributed by atoms with Gasteiger partial charge >= 0.3 is 6.09 Å². The largest absolute Gasteiger partial charge is 0.497 e. The summed E-state index contributed by atoms with van der Waals surface area (Å²) >= 11 is 0. The van der Waals surface area contributed by atoms with Crippen LogP contribution in [-0.2, 0) is 19.7 Å². The Balaban J connectivity index is 1.39. The standard InChI is InChI=1S/C33H44N4O6/c1-19-24(18-38)37-17-25(19)42-28-26(34-22-11-10-21(41-6)15-23(22)35-28)33(13-14-33)12-8-7-9-20-16-32(20,5)43-30(40)36-27(29(37)39)31(2,3)4/h10-11,15,18-20,24-25,27H,7-9,12-14,16-17H2,1-6H3,(H,36,40)/t19-,20+,24+,25-,27+,32+/m0/s1. The zero-order chi connectivity index (χ0) is 30.7. The van der Waals surface area contributed by atoms with E-state index in [1.165, 1.54) is 0 Å². The van der Waals surface area contributed by atoms with Crippen LogP contribution in [0.2, 0.25) is 0 Å². The van der Waals surface area contributed by atoms with E-state index in [1.807, 2.05) is 52.8 Å². The van der Waals surface area contributed by atoms with E-state index >= 15 is 0 Å². The fourth-order valence-corrected chi connectivity index (χ4v) is 7.03. The summed E-state index contributed by atoms with van der Waals surface area (Å²) in [5.74, 6) is 0.824. The zero-order valence-corrected chi connectivity index (χ0v) is 26.1. The highest BCUT2D eigenvalue weighted by Gasteiger charge is 2.55. The van der Waals surface area contributed by atoms with Gasteiger partial charge in [-0.2, -0.15) is 0 Å². The molecule has 1 N–H and O–H groups in total. The number of alkyl carbamates (subject to hydrolysis) is 1. The van der Waals surface area contributed by atoms with Crippen LogP contribution >= 0.6 is 0 Å². The monoisotopic (exact) mass is 592 g/mol. The maximum atomic E-state index is 14.1. The summed E-state index contributed by atoms with van der Waals surface area (Å²) in [6.45, 7) is 9.78. The van der Waals surface area contributed by atoms with E-state index in [1.54, 1.807) is 12.0 Å². The Kier molecular flexibility index (Phi) is 7.32. The zero-order valence-electron chi connectivity index (χ0n) is 26.1. The summed E-state index contributed by atoms with van der Waals surface area (Å²) in [6, 6.07) is 4.08. The van der Waals surface area contributed by atoms with Crippen molar-refractivity contribution in [3.05, 3.63) is 23.9 Å². The molecule has 0 radical (unpaired) electrons. The molecule has 2 amide bonds. The molecule has 3 fully saturated rings. The van der Waals surface area contributed by atoms with Crippen LogP contribution in [0.1, 0.15) is 85.3 Å². The number of benzene rings is 1. The highest BCUT2D eigenvalue weighted by atomic mass is 16.6. The topological polar surface area (TPSA) is 120 Å². The van der Waals surface area contributed by atoms with Crippen LogP contribution < -0.4 is 14.8 Å². The summed E-state index contributed by atoms with van der Waals surface area (Å²) in [6.07, 6.45) is 6.58. The van der Waals surface area contributed by atoms with Gasteiger partial charge in [0, 0.05) is 23.3 Å². The van der Waals surface area contributed by atoms with Crippen molar-refractivity contribution in [3.63, 3.8) is 0 Å². The highest BCUT2D eigenvalue weighted by Crippen LogP contribution is 2.55. The molecule has 43 heavy (non-hydrogen) atoms. The number of hydrogen-bond donors (Lipinski definition) is 1. The molecule has 2 bridgehead atoms. The van der Waals surface area contributed by atoms with E-state index < -0.39 is 35.3 Å². The number of carbonyl (C=O) groups is 3. The molecule has 0 unspecified atom stereocenters. The Morgan fingerprint density at radius 2 is 1.88 bits per heavy atom. The molecule has 2 aliphatic heterocycles. The smallest absolute Gasteiger partial charge is 0.408 e. The molecular formula is C33H44N4O6. The average molecular weight is 593 g/mol. The first-order valence-corrected chi connectivity index (χ1v) is 15.7. The van der Waals surface area contributed by atoms with Gasteiger partial charge < -0.3 is 29.2 Å². The minimum Gasteiger partial charge on any atom is -0.497 e. The second-order valence-corrected chi connectivity index (χ2v) is 14.4. The molecule has 1 aromatic heterocycles. The lowest BCUT2D eigenvalue weighted by Crippen LogP contribution is -2.56. The molecule has 2 aromatic rings. The number of amides is 2. The lowest BCUT2D eigenvalue weighted by atomic mass is 9.85. The van der Waals surface area contributed by atoms with Crippen LogP contribution in [0.4, 0.5) is 4.79 Å². The number of aldehydes is 1. The summed E-state index contributed by atoms with van der Waals surface area (Å²) in [5, 5.41) is 2.86. The van der Waals surface area contributed by atoms with E-state index in [9.17, 15) is 14.4 Å². The Morgan fingerprint density at radius 1 is 1.12 bits per heavy atom. The first-order valence-electron chi connectivity index (χ1n) is 15.7. The maximum Gasteiger partial charge on any atom is 0.408 e. The summed E-state index contributed by atoms with van der Waals surface area (Å²) in [7, 11) is 1.62. The van der Waals surface area contributed by atoms with Gasteiger partial charge in [0.05, 0.1) is 30.7 Å². The molecule has 1 saturated heterocycles. The fourth-order valence-electron chi connectivity index (χ4n) is 7.03. The van der Waals surface area contributed by atoms with E-state index in [0.717, 1.165) is 62.4 Å². The van der Waals surface area contributed by atoms with E-state index in [2.05, 4.69) is 5.32 Å². The first kappa shape index (κ1) is 29.6. The van der Waals surface area contributed by atoms with Crippen molar-refractivity contribution in [2.45, 2.75) is 109 Å². The molecule has 2 aliphatic carbocycles. The van der Waals surface area contributed by atoms with Gasteiger partial charge in [-0.15, -0.1) is 0 Å². The molecule has 1 aromatic carbocycles. The number of ether oxygens (including phenoxy) is 3. The summed E-state index contributed by atoms with van der Waals surface area (Å²) in [5.41, 5.74) is 1.07. The molecular weight excluding hydrogens is 548 g/mol. The lowest BCUT2D eigenvalue weighted by Gasteiger charge is -2.35. The maximum absolute atomic E-state index is 14.1. The third-order valence-corrected chi connectivity index (χ3v) is 10.3. The number of fused-ring (bicyclic) bond motifs is 6. The van der Waals surface area contributed by atoms with Gasteiger partial charge in [-0.1, -0.05) is 40.5 Å². The van der Waals surface area contributed by atoms with Crippen molar-refractivity contribution in [1.82, 2.24) is 20.2 Å². The van der Waals surface area contributed by atoms with Gasteiger partial charge in [0.15, 0.2) is 0 Å². The molecule has 6 atom stereocenters. The first-order chi connectivity index (χ1) is 20.4. The number of methoxy groups -OCH3 is 1. The van der Waals surface area contributed by atoms with Crippen LogP contribution in [0, 0.1) is 17.3 Å². The molecule has 10 heteroatoms. The Bertz CT molecular complexity index is 1430. The molecule has 3 heterocycles. The van der Waals surface area contributed by atoms with Crippen LogP contribution in [0.25, 0.3) is 11.0 Å². The number of aromatic nitrogens is 2. The SMILES string of the molecule is COc1ccc2nc3c(nc2c1)O[C@H]1CN(C(=O)[C@H](C(C)(C)C)NC(=O)O[C@]2(C)C[C@H]2CCCCC32CC2)[C@H](C=O)[C@@H]1C. The van der Waals surface area contributed by atoms with Crippen molar-refractivity contribution in [3.8, 4) is 11.6 Å². The minimum atomic E-state index is -0.883. The van der Waals surface area contributed by atoms with Crippen LogP contribution in [0.3, 0.4) is 0 Å². The van der Waals surface area contributed by atoms with Crippen molar-refractivity contribution in [2.75, 3.05) is 13.7 Å². The highest BCUT2D eigenvalue weighted by molar-refractivity contribution is 5.89. The molecule has 6 rings (SSSR count).